The van der Waals surface area contributed by atoms with E-state index in [1.807, 2.05) is 24.3 Å². The Kier molecular flexibility index (Phi) is 5.44. The first kappa shape index (κ1) is 19.9. The first-order chi connectivity index (χ1) is 13.2. The van der Waals surface area contributed by atoms with E-state index in [1.165, 1.54) is 18.4 Å². The van der Waals surface area contributed by atoms with Gasteiger partial charge in [0, 0.05) is 38.6 Å². The molecule has 0 spiro atoms. The maximum absolute atomic E-state index is 12.7. The summed E-state index contributed by atoms with van der Waals surface area (Å²) in [6.07, 6.45) is 0. The molecule has 0 bridgehead atoms. The van der Waals surface area contributed by atoms with E-state index in [0.717, 1.165) is 16.8 Å². The van der Waals surface area contributed by atoms with Crippen molar-refractivity contribution in [3.05, 3.63) is 59.8 Å². The van der Waals surface area contributed by atoms with Crippen LogP contribution in [0.2, 0.25) is 0 Å². The SMILES string of the molecule is COc1cccc(CNC(=O)c2cc3cc(S(=O)(=O)N(C)C)ccc3n2C)c1. The van der Waals surface area contributed by atoms with Crippen molar-refractivity contribution in [1.29, 1.82) is 0 Å². The minimum atomic E-state index is -3.53. The number of aromatic nitrogens is 1. The number of carbonyl (C=O) groups is 1. The third-order valence-electron chi connectivity index (χ3n) is 4.61. The summed E-state index contributed by atoms with van der Waals surface area (Å²) < 4.78 is 32.8. The molecule has 0 radical (unpaired) electrons. The Labute approximate surface area is 164 Å². The highest BCUT2D eigenvalue weighted by atomic mass is 32.2. The third-order valence-corrected chi connectivity index (χ3v) is 6.42. The first-order valence-corrected chi connectivity index (χ1v) is 10.1. The number of aryl methyl sites for hydroxylation is 1. The van der Waals surface area contributed by atoms with Crippen molar-refractivity contribution in [1.82, 2.24) is 14.2 Å². The molecule has 1 amide bonds. The average molecular weight is 401 g/mol. The highest BCUT2D eigenvalue weighted by Gasteiger charge is 2.19. The molecule has 0 fully saturated rings. The van der Waals surface area contributed by atoms with Gasteiger partial charge < -0.3 is 14.6 Å². The second-order valence-corrected chi connectivity index (χ2v) is 8.78. The highest BCUT2D eigenvalue weighted by molar-refractivity contribution is 7.89. The van der Waals surface area contributed by atoms with E-state index in [0.29, 0.717) is 17.6 Å². The average Bonchev–Trinajstić information content (AvgIpc) is 3.02. The van der Waals surface area contributed by atoms with Gasteiger partial charge in [0.1, 0.15) is 11.4 Å². The van der Waals surface area contributed by atoms with Crippen molar-refractivity contribution in [3.8, 4) is 5.75 Å². The van der Waals surface area contributed by atoms with Crippen LogP contribution in [0.5, 0.6) is 5.75 Å². The van der Waals surface area contributed by atoms with Crippen LogP contribution in [-0.4, -0.2) is 44.4 Å². The molecule has 28 heavy (non-hydrogen) atoms. The van der Waals surface area contributed by atoms with E-state index < -0.39 is 10.0 Å². The number of carbonyl (C=O) groups excluding carboxylic acids is 1. The van der Waals surface area contributed by atoms with Crippen LogP contribution in [0.25, 0.3) is 10.9 Å². The van der Waals surface area contributed by atoms with Gasteiger partial charge in [-0.3, -0.25) is 4.79 Å². The van der Waals surface area contributed by atoms with Gasteiger partial charge in [0.2, 0.25) is 10.0 Å². The Bertz CT molecular complexity index is 1130. The molecule has 2 aromatic carbocycles. The van der Waals surface area contributed by atoms with Gasteiger partial charge in [0.15, 0.2) is 0 Å². The molecule has 0 aliphatic carbocycles. The molecule has 0 aliphatic heterocycles. The summed E-state index contributed by atoms with van der Waals surface area (Å²) in [6, 6.07) is 14.0. The van der Waals surface area contributed by atoms with E-state index in [4.69, 9.17) is 4.74 Å². The van der Waals surface area contributed by atoms with E-state index in [9.17, 15) is 13.2 Å². The van der Waals surface area contributed by atoms with Crippen LogP contribution in [0.4, 0.5) is 0 Å². The number of sulfonamides is 1. The number of ether oxygens (including phenoxy) is 1. The molecule has 0 aliphatic rings. The zero-order valence-corrected chi connectivity index (χ0v) is 17.1. The molecule has 1 N–H and O–H groups in total. The fourth-order valence-corrected chi connectivity index (χ4v) is 3.91. The Morgan fingerprint density at radius 2 is 1.89 bits per heavy atom. The van der Waals surface area contributed by atoms with Gasteiger partial charge in [-0.1, -0.05) is 12.1 Å². The molecule has 0 saturated heterocycles. The summed E-state index contributed by atoms with van der Waals surface area (Å²) in [5, 5.41) is 3.58. The summed E-state index contributed by atoms with van der Waals surface area (Å²) in [5.41, 5.74) is 2.16. The maximum Gasteiger partial charge on any atom is 0.268 e. The molecular weight excluding hydrogens is 378 g/mol. The number of rotatable bonds is 6. The van der Waals surface area contributed by atoms with Crippen LogP contribution in [0.3, 0.4) is 0 Å². The lowest BCUT2D eigenvalue weighted by Gasteiger charge is -2.11. The summed E-state index contributed by atoms with van der Waals surface area (Å²) in [7, 11) is 2.82. The van der Waals surface area contributed by atoms with Gasteiger partial charge in [0.25, 0.3) is 5.91 Å². The zero-order valence-electron chi connectivity index (χ0n) is 16.3. The number of nitrogens with zero attached hydrogens (tertiary/aromatic N) is 2. The largest absolute Gasteiger partial charge is 0.497 e. The quantitative estimate of drug-likeness (QED) is 0.688. The second kappa shape index (κ2) is 7.65. The van der Waals surface area contributed by atoms with E-state index in [1.54, 1.807) is 43.0 Å². The van der Waals surface area contributed by atoms with Crippen molar-refractivity contribution >= 4 is 26.8 Å². The standard InChI is InChI=1S/C20H23N3O4S/c1-22(2)28(25,26)17-8-9-18-15(11-17)12-19(23(18)3)20(24)21-13-14-6-5-7-16(10-14)27-4/h5-12H,13H2,1-4H3,(H,21,24). The molecule has 3 aromatic rings. The lowest BCUT2D eigenvalue weighted by Crippen LogP contribution is -2.24. The molecule has 8 heteroatoms. The van der Waals surface area contributed by atoms with Gasteiger partial charge >= 0.3 is 0 Å². The minimum Gasteiger partial charge on any atom is -0.497 e. The number of hydrogen-bond donors (Lipinski definition) is 1. The number of amides is 1. The van der Waals surface area contributed by atoms with Crippen molar-refractivity contribution in [2.24, 2.45) is 7.05 Å². The van der Waals surface area contributed by atoms with Gasteiger partial charge in [0.05, 0.1) is 12.0 Å². The lowest BCUT2D eigenvalue weighted by molar-refractivity contribution is 0.0943. The smallest absolute Gasteiger partial charge is 0.268 e. The number of benzene rings is 2. The first-order valence-electron chi connectivity index (χ1n) is 8.67. The van der Waals surface area contributed by atoms with Crippen LogP contribution < -0.4 is 10.1 Å². The summed E-state index contributed by atoms with van der Waals surface area (Å²) in [4.78, 5) is 12.9. The van der Waals surface area contributed by atoms with Gasteiger partial charge in [-0.25, -0.2) is 12.7 Å². The van der Waals surface area contributed by atoms with Crippen molar-refractivity contribution in [2.75, 3.05) is 21.2 Å². The minimum absolute atomic E-state index is 0.193. The van der Waals surface area contributed by atoms with E-state index in [2.05, 4.69) is 5.32 Å². The summed E-state index contributed by atoms with van der Waals surface area (Å²) in [5.74, 6) is 0.490. The monoisotopic (exact) mass is 401 g/mol. The van der Waals surface area contributed by atoms with Crippen molar-refractivity contribution in [2.45, 2.75) is 11.4 Å². The Hall–Kier alpha value is -2.84. The van der Waals surface area contributed by atoms with Crippen LogP contribution in [-0.2, 0) is 23.6 Å². The number of methoxy groups -OCH3 is 1. The normalized spacial score (nSPS) is 11.8. The molecular formula is C20H23N3O4S. The predicted octanol–water partition coefficient (Wildman–Crippen LogP) is 2.37. The number of hydrogen-bond acceptors (Lipinski definition) is 4. The lowest BCUT2D eigenvalue weighted by atomic mass is 10.2. The predicted molar refractivity (Wildman–Crippen MR) is 108 cm³/mol. The van der Waals surface area contributed by atoms with Gasteiger partial charge in [-0.2, -0.15) is 0 Å². The van der Waals surface area contributed by atoms with Crippen molar-refractivity contribution in [3.63, 3.8) is 0 Å². The summed E-state index contributed by atoms with van der Waals surface area (Å²) in [6.45, 7) is 0.359. The number of fused-ring (bicyclic) bond motifs is 1. The summed E-state index contributed by atoms with van der Waals surface area (Å²) >= 11 is 0. The van der Waals surface area contributed by atoms with Crippen molar-refractivity contribution < 1.29 is 17.9 Å². The molecule has 1 aromatic heterocycles. The van der Waals surface area contributed by atoms with Gasteiger partial charge in [-0.15, -0.1) is 0 Å². The topological polar surface area (TPSA) is 80.6 Å². The fourth-order valence-electron chi connectivity index (χ4n) is 2.97. The molecule has 148 valence electrons. The maximum atomic E-state index is 12.7. The Morgan fingerprint density at radius 3 is 2.57 bits per heavy atom. The van der Waals surface area contributed by atoms with Gasteiger partial charge in [-0.05, 0) is 42.0 Å². The van der Waals surface area contributed by atoms with E-state index >= 15 is 0 Å². The van der Waals surface area contributed by atoms with Crippen LogP contribution in [0.1, 0.15) is 16.1 Å². The Morgan fingerprint density at radius 1 is 1.14 bits per heavy atom. The highest BCUT2D eigenvalue weighted by Crippen LogP contribution is 2.24. The second-order valence-electron chi connectivity index (χ2n) is 6.63. The fraction of sp³-hybridized carbons (Fsp3) is 0.250. The molecule has 1 heterocycles. The van der Waals surface area contributed by atoms with E-state index in [-0.39, 0.29) is 10.8 Å². The zero-order chi connectivity index (χ0) is 20.5. The molecule has 7 nitrogen and oxygen atoms in total. The molecule has 0 atom stereocenters. The molecule has 0 saturated carbocycles. The third kappa shape index (κ3) is 3.74. The van der Waals surface area contributed by atoms with Crippen LogP contribution in [0, 0.1) is 0 Å². The van der Waals surface area contributed by atoms with Crippen LogP contribution in [0.15, 0.2) is 53.4 Å². The molecule has 3 rings (SSSR count). The number of nitrogens with one attached hydrogen (secondary N) is 1. The molecule has 0 unspecified atom stereocenters. The Balaban J connectivity index is 1.86. The van der Waals surface area contributed by atoms with Crippen LogP contribution >= 0.6 is 0 Å².